The van der Waals surface area contributed by atoms with E-state index in [9.17, 15) is 4.79 Å². The van der Waals surface area contributed by atoms with Crippen molar-refractivity contribution >= 4 is 47.4 Å². The van der Waals surface area contributed by atoms with Crippen LogP contribution in [0.1, 0.15) is 21.5 Å². The number of rotatable bonds is 5. The molecular weight excluding hydrogens is 439 g/mol. The Morgan fingerprint density at radius 3 is 2.29 bits per heavy atom. The molecule has 0 aliphatic rings. The van der Waals surface area contributed by atoms with Crippen molar-refractivity contribution in [1.82, 2.24) is 10.6 Å². The van der Waals surface area contributed by atoms with Crippen LogP contribution >= 0.6 is 35.6 Å². The second kappa shape index (κ2) is 10.1. The van der Waals surface area contributed by atoms with Gasteiger partial charge in [-0.15, -0.1) is 24.0 Å². The number of benzene rings is 2. The first kappa shape index (κ1) is 20.2. The molecule has 0 heterocycles. The Labute approximate surface area is 163 Å². The highest BCUT2D eigenvalue weighted by Crippen LogP contribution is 2.09. The fourth-order valence-corrected chi connectivity index (χ4v) is 2.15. The molecule has 0 bridgehead atoms. The molecule has 0 spiro atoms. The fraction of sp³-hybridized carbons (Fsp3) is 0.176. The summed E-state index contributed by atoms with van der Waals surface area (Å²) in [5.74, 6) is 0.238. The van der Waals surface area contributed by atoms with Gasteiger partial charge in [-0.05, 0) is 35.4 Å². The lowest BCUT2D eigenvalue weighted by Gasteiger charge is -2.12. The third-order valence-corrected chi connectivity index (χ3v) is 3.52. The molecule has 128 valence electrons. The number of carbonyl (C=O) groups excluding carboxylic acids is 1. The van der Waals surface area contributed by atoms with Crippen LogP contribution in [0, 0.1) is 0 Å². The number of nitrogens with zero attached hydrogens (tertiary/aromatic N) is 1. The third kappa shape index (κ3) is 6.37. The van der Waals surface area contributed by atoms with Gasteiger partial charge >= 0.3 is 0 Å². The zero-order chi connectivity index (χ0) is 16.7. The molecule has 4 N–H and O–H groups in total. The predicted molar refractivity (Wildman–Crippen MR) is 109 cm³/mol. The maximum Gasteiger partial charge on any atom is 0.248 e. The van der Waals surface area contributed by atoms with E-state index in [2.05, 4.69) is 15.6 Å². The van der Waals surface area contributed by atoms with E-state index in [4.69, 9.17) is 17.3 Å². The van der Waals surface area contributed by atoms with Crippen molar-refractivity contribution in [2.24, 2.45) is 10.7 Å². The summed E-state index contributed by atoms with van der Waals surface area (Å²) in [4.78, 5) is 15.4. The van der Waals surface area contributed by atoms with Crippen LogP contribution in [-0.2, 0) is 13.1 Å². The number of aliphatic imine (C=N–C) groups is 1. The minimum absolute atomic E-state index is 0. The van der Waals surface area contributed by atoms with Gasteiger partial charge in [0, 0.05) is 30.7 Å². The van der Waals surface area contributed by atoms with Crippen LogP contribution in [-0.4, -0.2) is 18.9 Å². The number of guanidine groups is 1. The summed E-state index contributed by atoms with van der Waals surface area (Å²) in [6.07, 6.45) is 0. The van der Waals surface area contributed by atoms with Crippen LogP contribution in [0.3, 0.4) is 0 Å². The monoisotopic (exact) mass is 458 g/mol. The van der Waals surface area contributed by atoms with Gasteiger partial charge in [0.15, 0.2) is 5.96 Å². The van der Waals surface area contributed by atoms with E-state index in [-0.39, 0.29) is 24.0 Å². The van der Waals surface area contributed by atoms with E-state index < -0.39 is 5.91 Å². The number of hydrogen-bond donors (Lipinski definition) is 3. The van der Waals surface area contributed by atoms with Gasteiger partial charge in [-0.25, -0.2) is 0 Å². The second-order valence-electron chi connectivity index (χ2n) is 4.97. The van der Waals surface area contributed by atoms with Gasteiger partial charge in [0.1, 0.15) is 0 Å². The molecule has 2 aromatic rings. The largest absolute Gasteiger partial charge is 0.366 e. The normalized spacial score (nSPS) is 10.7. The number of nitrogens with one attached hydrogen (secondary N) is 2. The summed E-state index contributed by atoms with van der Waals surface area (Å²) in [7, 11) is 1.71. The molecule has 0 atom stereocenters. The summed E-state index contributed by atoms with van der Waals surface area (Å²) in [5, 5.41) is 7.12. The number of carbonyl (C=O) groups is 1. The highest BCUT2D eigenvalue weighted by atomic mass is 127. The van der Waals surface area contributed by atoms with E-state index in [1.807, 2.05) is 30.3 Å². The maximum absolute atomic E-state index is 11.2. The van der Waals surface area contributed by atoms with Gasteiger partial charge in [-0.3, -0.25) is 9.79 Å². The molecule has 0 saturated heterocycles. The van der Waals surface area contributed by atoms with Gasteiger partial charge < -0.3 is 16.4 Å². The molecule has 0 unspecified atom stereocenters. The zero-order valence-corrected chi connectivity index (χ0v) is 16.3. The van der Waals surface area contributed by atoms with Crippen molar-refractivity contribution in [2.75, 3.05) is 7.05 Å². The lowest BCUT2D eigenvalue weighted by molar-refractivity contribution is 0.1000. The molecule has 0 aromatic heterocycles. The quantitative estimate of drug-likeness (QED) is 0.366. The predicted octanol–water partition coefficient (Wildman–Crippen LogP) is 2.92. The molecule has 0 fully saturated rings. The Kier molecular flexibility index (Phi) is 8.56. The van der Waals surface area contributed by atoms with Crippen LogP contribution in [0.4, 0.5) is 0 Å². The molecule has 1 amide bonds. The van der Waals surface area contributed by atoms with Crippen molar-refractivity contribution in [2.45, 2.75) is 13.1 Å². The van der Waals surface area contributed by atoms with Gasteiger partial charge in [-0.2, -0.15) is 0 Å². The van der Waals surface area contributed by atoms with Gasteiger partial charge in [-0.1, -0.05) is 35.9 Å². The van der Waals surface area contributed by atoms with E-state index in [0.29, 0.717) is 29.6 Å². The van der Waals surface area contributed by atoms with Crippen LogP contribution < -0.4 is 16.4 Å². The number of amides is 1. The second-order valence-corrected chi connectivity index (χ2v) is 5.41. The summed E-state index contributed by atoms with van der Waals surface area (Å²) in [6, 6.07) is 14.8. The SMILES string of the molecule is CN=C(NCc1ccc(Cl)cc1)NCc1cccc(C(N)=O)c1.I. The van der Waals surface area contributed by atoms with Gasteiger partial charge in [0.2, 0.25) is 5.91 Å². The minimum Gasteiger partial charge on any atom is -0.366 e. The zero-order valence-electron chi connectivity index (χ0n) is 13.3. The molecule has 5 nitrogen and oxygen atoms in total. The lowest BCUT2D eigenvalue weighted by atomic mass is 10.1. The molecule has 0 radical (unpaired) electrons. The van der Waals surface area contributed by atoms with Gasteiger partial charge in [0.25, 0.3) is 0 Å². The van der Waals surface area contributed by atoms with Crippen molar-refractivity contribution in [3.05, 3.63) is 70.2 Å². The fourth-order valence-electron chi connectivity index (χ4n) is 2.03. The van der Waals surface area contributed by atoms with Crippen molar-refractivity contribution < 1.29 is 4.79 Å². The number of nitrogens with two attached hydrogens (primary N) is 1. The number of halogens is 2. The standard InChI is InChI=1S/C17H19ClN4O.HI/c1-20-17(21-10-12-5-7-15(18)8-6-12)22-11-13-3-2-4-14(9-13)16(19)23;/h2-9H,10-11H2,1H3,(H2,19,23)(H2,20,21,22);1H. The van der Waals surface area contributed by atoms with E-state index in [1.165, 1.54) is 0 Å². The van der Waals surface area contributed by atoms with E-state index in [1.54, 1.807) is 25.2 Å². The summed E-state index contributed by atoms with van der Waals surface area (Å²) >= 11 is 5.86. The smallest absolute Gasteiger partial charge is 0.248 e. The Balaban J connectivity index is 0.00000288. The topological polar surface area (TPSA) is 79.5 Å². The Hall–Kier alpha value is -1.80. The lowest BCUT2D eigenvalue weighted by Crippen LogP contribution is -2.36. The first-order valence-electron chi connectivity index (χ1n) is 7.16. The van der Waals surface area contributed by atoms with E-state index >= 15 is 0 Å². The van der Waals surface area contributed by atoms with Crippen LogP contribution in [0.2, 0.25) is 5.02 Å². The first-order chi connectivity index (χ1) is 11.1. The van der Waals surface area contributed by atoms with Crippen LogP contribution in [0.5, 0.6) is 0 Å². The van der Waals surface area contributed by atoms with Crippen LogP contribution in [0.25, 0.3) is 0 Å². The molecule has 24 heavy (non-hydrogen) atoms. The van der Waals surface area contributed by atoms with Gasteiger partial charge in [0.05, 0.1) is 0 Å². The maximum atomic E-state index is 11.2. The highest BCUT2D eigenvalue weighted by molar-refractivity contribution is 14.0. The summed E-state index contributed by atoms with van der Waals surface area (Å²) in [6.45, 7) is 1.18. The number of primary amides is 1. The molecule has 0 aliphatic carbocycles. The molecule has 0 saturated carbocycles. The molecule has 2 rings (SSSR count). The minimum atomic E-state index is -0.433. The average molecular weight is 459 g/mol. The molecular formula is C17H20ClIN4O. The summed E-state index contributed by atoms with van der Waals surface area (Å²) < 4.78 is 0. The average Bonchev–Trinajstić information content (AvgIpc) is 2.57. The molecule has 2 aromatic carbocycles. The molecule has 7 heteroatoms. The third-order valence-electron chi connectivity index (χ3n) is 3.27. The van der Waals surface area contributed by atoms with Crippen molar-refractivity contribution in [1.29, 1.82) is 0 Å². The Morgan fingerprint density at radius 2 is 1.71 bits per heavy atom. The van der Waals surface area contributed by atoms with Crippen molar-refractivity contribution in [3.8, 4) is 0 Å². The number of hydrogen-bond acceptors (Lipinski definition) is 2. The van der Waals surface area contributed by atoms with E-state index in [0.717, 1.165) is 11.1 Å². The Morgan fingerprint density at radius 1 is 1.08 bits per heavy atom. The van der Waals surface area contributed by atoms with Crippen LogP contribution in [0.15, 0.2) is 53.5 Å². The summed E-state index contributed by atoms with van der Waals surface area (Å²) in [5.41, 5.74) is 7.84. The Bertz CT molecular complexity index is 704. The first-order valence-corrected chi connectivity index (χ1v) is 7.54. The van der Waals surface area contributed by atoms with Crippen molar-refractivity contribution in [3.63, 3.8) is 0 Å². The highest BCUT2D eigenvalue weighted by Gasteiger charge is 2.03. The molecule has 0 aliphatic heterocycles.